The molecule has 170 valence electrons. The Balaban J connectivity index is 1.73. The van der Waals surface area contributed by atoms with Crippen molar-refractivity contribution < 1.29 is 14.3 Å². The minimum atomic E-state index is -0.351. The fraction of sp³-hybridized carbons (Fsp3) is 0.308. The minimum absolute atomic E-state index is 0.155. The number of carbonyl (C=O) groups is 1. The summed E-state index contributed by atoms with van der Waals surface area (Å²) in [5.74, 6) is 2.59. The number of anilines is 1. The molecule has 0 saturated carbocycles. The van der Waals surface area contributed by atoms with E-state index in [0.717, 1.165) is 45.9 Å². The van der Waals surface area contributed by atoms with Gasteiger partial charge in [0.2, 0.25) is 0 Å². The van der Waals surface area contributed by atoms with Crippen LogP contribution in [0.1, 0.15) is 37.1 Å². The molecule has 0 amide bonds. The molecule has 33 heavy (non-hydrogen) atoms. The van der Waals surface area contributed by atoms with Gasteiger partial charge >= 0.3 is 0 Å². The molecule has 2 aliphatic rings. The van der Waals surface area contributed by atoms with Gasteiger partial charge in [-0.05, 0) is 54.7 Å². The Morgan fingerprint density at radius 2 is 1.79 bits per heavy atom. The van der Waals surface area contributed by atoms with Gasteiger partial charge in [-0.2, -0.15) is 5.10 Å². The number of aromatic nitrogens is 2. The maximum absolute atomic E-state index is 13.3. The van der Waals surface area contributed by atoms with Crippen LogP contribution in [0.15, 0.2) is 53.7 Å². The number of nitrogens with one attached hydrogen (secondary N) is 1. The Hall–Kier alpha value is -3.25. The Morgan fingerprint density at radius 1 is 1.06 bits per heavy atom. The van der Waals surface area contributed by atoms with Gasteiger partial charge in [0.05, 0.1) is 19.9 Å². The third kappa shape index (κ3) is 3.59. The maximum atomic E-state index is 13.3. The van der Waals surface area contributed by atoms with Crippen molar-refractivity contribution in [2.45, 2.75) is 32.7 Å². The van der Waals surface area contributed by atoms with Crippen LogP contribution in [0.5, 0.6) is 11.5 Å². The highest BCUT2D eigenvalue weighted by atomic mass is 35.5. The predicted molar refractivity (Wildman–Crippen MR) is 129 cm³/mol. The molecule has 6 nitrogen and oxygen atoms in total. The molecular weight excluding hydrogens is 438 g/mol. The SMILES string of the molecule is COc1ccc([C@H]2C3=C(C[C@@H](C)CC3=O)Nc3c(-c4ccc(Cl)cc4)c(C)nn32)cc1OC. The fourth-order valence-corrected chi connectivity index (χ4v) is 5.10. The van der Waals surface area contributed by atoms with Gasteiger partial charge in [0, 0.05) is 28.3 Å². The van der Waals surface area contributed by atoms with Crippen LogP contribution in [0.2, 0.25) is 5.02 Å². The first-order valence-electron chi connectivity index (χ1n) is 11.0. The van der Waals surface area contributed by atoms with Crippen molar-refractivity contribution >= 4 is 23.2 Å². The van der Waals surface area contributed by atoms with Crippen molar-refractivity contribution in [1.29, 1.82) is 0 Å². The molecule has 1 aliphatic heterocycles. The van der Waals surface area contributed by atoms with Crippen molar-refractivity contribution in [2.24, 2.45) is 5.92 Å². The number of ketones is 1. The molecule has 0 bridgehead atoms. The van der Waals surface area contributed by atoms with E-state index in [9.17, 15) is 4.79 Å². The monoisotopic (exact) mass is 463 g/mol. The summed E-state index contributed by atoms with van der Waals surface area (Å²) in [5, 5.41) is 9.18. The number of hydrogen-bond acceptors (Lipinski definition) is 5. The highest BCUT2D eigenvalue weighted by Crippen LogP contribution is 2.47. The van der Waals surface area contributed by atoms with E-state index in [-0.39, 0.29) is 17.7 Å². The number of fused-ring (bicyclic) bond motifs is 1. The number of nitrogens with zero attached hydrogens (tertiary/aromatic N) is 2. The van der Waals surface area contributed by atoms with Crippen molar-refractivity contribution in [1.82, 2.24) is 9.78 Å². The summed E-state index contributed by atoms with van der Waals surface area (Å²) in [6, 6.07) is 13.2. The molecule has 0 saturated heterocycles. The molecule has 5 rings (SSSR count). The van der Waals surface area contributed by atoms with E-state index < -0.39 is 0 Å². The highest BCUT2D eigenvalue weighted by molar-refractivity contribution is 6.30. The average molecular weight is 464 g/mol. The number of ether oxygens (including phenoxy) is 2. The lowest BCUT2D eigenvalue weighted by Crippen LogP contribution is -2.33. The number of rotatable bonds is 4. The van der Waals surface area contributed by atoms with E-state index in [2.05, 4.69) is 12.2 Å². The van der Waals surface area contributed by atoms with Crippen molar-refractivity contribution in [2.75, 3.05) is 19.5 Å². The topological polar surface area (TPSA) is 65.4 Å². The standard InChI is InChI=1S/C26H26ClN3O3/c1-14-11-19-24(20(31)12-14)25(17-7-10-21(32-3)22(13-17)33-4)30-26(28-19)23(15(2)29-30)16-5-8-18(27)9-6-16/h5-10,13-14,25,28H,11-12H2,1-4H3/t14-,25+/m1/s1. The Kier molecular flexibility index (Phi) is 5.41. The van der Waals surface area contributed by atoms with Gasteiger partial charge in [-0.25, -0.2) is 4.68 Å². The van der Waals surface area contributed by atoms with Crippen LogP contribution >= 0.6 is 11.6 Å². The van der Waals surface area contributed by atoms with Gasteiger partial charge in [-0.1, -0.05) is 36.7 Å². The smallest absolute Gasteiger partial charge is 0.163 e. The van der Waals surface area contributed by atoms with Crippen LogP contribution in [0.25, 0.3) is 11.1 Å². The van der Waals surface area contributed by atoms with E-state index in [1.165, 1.54) is 0 Å². The summed E-state index contributed by atoms with van der Waals surface area (Å²) < 4.78 is 12.9. The molecule has 1 aromatic heterocycles. The zero-order chi connectivity index (χ0) is 23.3. The molecule has 7 heteroatoms. The lowest BCUT2D eigenvalue weighted by Gasteiger charge is -2.35. The van der Waals surface area contributed by atoms with Crippen LogP contribution in [0.4, 0.5) is 5.82 Å². The molecular formula is C26H26ClN3O3. The zero-order valence-corrected chi connectivity index (χ0v) is 19.9. The molecule has 2 atom stereocenters. The summed E-state index contributed by atoms with van der Waals surface area (Å²) in [7, 11) is 3.23. The molecule has 0 radical (unpaired) electrons. The Bertz CT molecular complexity index is 1280. The Labute approximate surface area is 198 Å². The van der Waals surface area contributed by atoms with Gasteiger partial charge < -0.3 is 14.8 Å². The van der Waals surface area contributed by atoms with Gasteiger partial charge in [0.1, 0.15) is 11.9 Å². The van der Waals surface area contributed by atoms with E-state index in [0.29, 0.717) is 22.9 Å². The second-order valence-corrected chi connectivity index (χ2v) is 9.17. The summed E-state index contributed by atoms with van der Waals surface area (Å²) >= 11 is 6.13. The van der Waals surface area contributed by atoms with Crippen LogP contribution in [0, 0.1) is 12.8 Å². The number of methoxy groups -OCH3 is 2. The minimum Gasteiger partial charge on any atom is -0.493 e. The van der Waals surface area contributed by atoms with Gasteiger partial charge in [-0.15, -0.1) is 0 Å². The first-order valence-corrected chi connectivity index (χ1v) is 11.4. The van der Waals surface area contributed by atoms with Crippen molar-refractivity contribution in [3.8, 4) is 22.6 Å². The summed E-state index contributed by atoms with van der Waals surface area (Å²) in [6.07, 6.45) is 1.35. The molecule has 2 aromatic carbocycles. The zero-order valence-electron chi connectivity index (χ0n) is 19.1. The van der Waals surface area contributed by atoms with Crippen LogP contribution in [0.3, 0.4) is 0 Å². The number of benzene rings is 2. The van der Waals surface area contributed by atoms with Gasteiger partial charge in [0.25, 0.3) is 0 Å². The van der Waals surface area contributed by atoms with Gasteiger partial charge in [-0.3, -0.25) is 4.79 Å². The first-order chi connectivity index (χ1) is 15.9. The van der Waals surface area contributed by atoms with Crippen LogP contribution in [-0.4, -0.2) is 29.8 Å². The molecule has 1 N–H and O–H groups in total. The van der Waals surface area contributed by atoms with Crippen LogP contribution in [-0.2, 0) is 4.79 Å². The molecule has 3 aromatic rings. The quantitative estimate of drug-likeness (QED) is 0.530. The average Bonchev–Trinajstić information content (AvgIpc) is 3.12. The number of carbonyl (C=O) groups excluding carboxylic acids is 1. The summed E-state index contributed by atoms with van der Waals surface area (Å²) in [6.45, 7) is 4.11. The second kappa shape index (κ2) is 8.27. The normalized spacial score (nSPS) is 19.6. The van der Waals surface area contributed by atoms with E-state index in [1.807, 2.05) is 54.1 Å². The predicted octanol–water partition coefficient (Wildman–Crippen LogP) is 5.80. The van der Waals surface area contributed by atoms with E-state index in [4.69, 9.17) is 26.2 Å². The van der Waals surface area contributed by atoms with E-state index >= 15 is 0 Å². The molecule has 0 unspecified atom stereocenters. The fourth-order valence-electron chi connectivity index (χ4n) is 4.97. The number of Topliss-reactive ketones (excluding diaryl/α,β-unsaturated/α-hetero) is 1. The molecule has 0 fully saturated rings. The second-order valence-electron chi connectivity index (χ2n) is 8.73. The third-order valence-corrected chi connectivity index (χ3v) is 6.69. The number of halogens is 1. The Morgan fingerprint density at radius 3 is 2.48 bits per heavy atom. The summed E-state index contributed by atoms with van der Waals surface area (Å²) in [4.78, 5) is 13.3. The first kappa shape index (κ1) is 21.6. The third-order valence-electron chi connectivity index (χ3n) is 6.44. The largest absolute Gasteiger partial charge is 0.493 e. The number of aryl methyl sites for hydroxylation is 1. The highest BCUT2D eigenvalue weighted by Gasteiger charge is 2.39. The molecule has 0 spiro atoms. The molecule has 2 heterocycles. The lowest BCUT2D eigenvalue weighted by atomic mass is 9.81. The van der Waals surface area contributed by atoms with Crippen molar-refractivity contribution in [3.63, 3.8) is 0 Å². The van der Waals surface area contributed by atoms with Crippen molar-refractivity contribution in [3.05, 3.63) is 70.0 Å². The maximum Gasteiger partial charge on any atom is 0.163 e. The summed E-state index contributed by atoms with van der Waals surface area (Å²) in [5.41, 5.74) is 5.59. The lowest BCUT2D eigenvalue weighted by molar-refractivity contribution is -0.117. The van der Waals surface area contributed by atoms with E-state index in [1.54, 1.807) is 14.2 Å². The van der Waals surface area contributed by atoms with Gasteiger partial charge in [0.15, 0.2) is 17.3 Å². The number of allylic oxidation sites excluding steroid dienone is 2. The van der Waals surface area contributed by atoms with Crippen LogP contribution < -0.4 is 14.8 Å². The molecule has 1 aliphatic carbocycles. The number of hydrogen-bond donors (Lipinski definition) is 1.